The van der Waals surface area contributed by atoms with Gasteiger partial charge in [0.25, 0.3) is 5.91 Å². The van der Waals surface area contributed by atoms with Gasteiger partial charge in [-0.1, -0.05) is 29.8 Å². The van der Waals surface area contributed by atoms with Gasteiger partial charge < -0.3 is 15.5 Å². The molecule has 2 N–H and O–H groups in total. The zero-order chi connectivity index (χ0) is 20.1. The number of benzene rings is 2. The summed E-state index contributed by atoms with van der Waals surface area (Å²) >= 11 is 0. The van der Waals surface area contributed by atoms with E-state index in [4.69, 9.17) is 0 Å². The van der Waals surface area contributed by atoms with E-state index in [1.54, 1.807) is 47.4 Å². The standard InChI is InChI=1S/C22H23N3O3/c1-3-11-25-14-17(12-20(25)26)22(28)24-19-6-4-5-18(13-19)23-21(27)16-9-7-15(2)8-10-16/h3-10,13,17H,1,11-12,14H2,2H3,(H,23,27)(H,24,28). The number of carbonyl (C=O) groups is 3. The monoisotopic (exact) mass is 377 g/mol. The number of rotatable bonds is 6. The molecule has 1 unspecified atom stereocenters. The minimum absolute atomic E-state index is 0.0424. The van der Waals surface area contributed by atoms with Crippen LogP contribution in [-0.2, 0) is 9.59 Å². The largest absolute Gasteiger partial charge is 0.338 e. The van der Waals surface area contributed by atoms with Crippen molar-refractivity contribution in [3.05, 3.63) is 72.3 Å². The molecule has 1 atom stereocenters. The van der Waals surface area contributed by atoms with Gasteiger partial charge in [-0.25, -0.2) is 0 Å². The first-order chi connectivity index (χ1) is 13.5. The summed E-state index contributed by atoms with van der Waals surface area (Å²) in [6.07, 6.45) is 1.85. The zero-order valence-corrected chi connectivity index (χ0v) is 15.8. The Hall–Kier alpha value is -3.41. The van der Waals surface area contributed by atoms with Crippen LogP contribution in [0.15, 0.2) is 61.2 Å². The quantitative estimate of drug-likeness (QED) is 0.759. The summed E-state index contributed by atoms with van der Waals surface area (Å²) < 4.78 is 0. The molecule has 1 heterocycles. The number of nitrogens with zero attached hydrogens (tertiary/aromatic N) is 1. The van der Waals surface area contributed by atoms with Crippen LogP contribution in [0.5, 0.6) is 0 Å². The van der Waals surface area contributed by atoms with Crippen molar-refractivity contribution in [2.45, 2.75) is 13.3 Å². The average molecular weight is 377 g/mol. The summed E-state index contributed by atoms with van der Waals surface area (Å²) in [5, 5.41) is 5.66. The molecule has 0 aromatic heterocycles. The van der Waals surface area contributed by atoms with Crippen LogP contribution in [-0.4, -0.2) is 35.7 Å². The normalized spacial score (nSPS) is 16.0. The van der Waals surface area contributed by atoms with Crippen LogP contribution in [0.2, 0.25) is 0 Å². The fraction of sp³-hybridized carbons (Fsp3) is 0.227. The first-order valence-electron chi connectivity index (χ1n) is 9.14. The first kappa shape index (κ1) is 19.4. The Kier molecular flexibility index (Phi) is 5.89. The van der Waals surface area contributed by atoms with E-state index < -0.39 is 5.92 Å². The SMILES string of the molecule is C=CCN1CC(C(=O)Nc2cccc(NC(=O)c3ccc(C)cc3)c2)CC1=O. The number of hydrogen-bond acceptors (Lipinski definition) is 3. The molecule has 1 saturated heterocycles. The molecule has 2 aromatic rings. The second-order valence-corrected chi connectivity index (χ2v) is 6.88. The molecule has 6 heteroatoms. The van der Waals surface area contributed by atoms with Crippen molar-refractivity contribution in [1.82, 2.24) is 4.90 Å². The van der Waals surface area contributed by atoms with Crippen molar-refractivity contribution in [3.8, 4) is 0 Å². The lowest BCUT2D eigenvalue weighted by atomic mass is 10.1. The minimum atomic E-state index is -0.391. The van der Waals surface area contributed by atoms with Gasteiger partial charge in [0.15, 0.2) is 0 Å². The number of carbonyl (C=O) groups excluding carboxylic acids is 3. The third-order valence-corrected chi connectivity index (χ3v) is 4.64. The Morgan fingerprint density at radius 2 is 1.82 bits per heavy atom. The Balaban J connectivity index is 1.62. The zero-order valence-electron chi connectivity index (χ0n) is 15.8. The van der Waals surface area contributed by atoms with Gasteiger partial charge in [-0.3, -0.25) is 14.4 Å². The minimum Gasteiger partial charge on any atom is -0.338 e. The summed E-state index contributed by atoms with van der Waals surface area (Å²) in [4.78, 5) is 38.4. The highest BCUT2D eigenvalue weighted by Gasteiger charge is 2.33. The maximum atomic E-state index is 12.5. The van der Waals surface area contributed by atoms with E-state index in [0.717, 1.165) is 5.56 Å². The summed E-state index contributed by atoms with van der Waals surface area (Å²) in [6.45, 7) is 6.42. The Morgan fingerprint density at radius 3 is 2.50 bits per heavy atom. The maximum absolute atomic E-state index is 12.5. The lowest BCUT2D eigenvalue weighted by molar-refractivity contribution is -0.127. The Labute approximate surface area is 164 Å². The molecule has 0 bridgehead atoms. The summed E-state index contributed by atoms with van der Waals surface area (Å²) in [6, 6.07) is 14.2. The number of aryl methyl sites for hydroxylation is 1. The molecule has 0 radical (unpaired) electrons. The second-order valence-electron chi connectivity index (χ2n) is 6.88. The van der Waals surface area contributed by atoms with E-state index in [-0.39, 0.29) is 24.1 Å². The molecule has 0 saturated carbocycles. The molecular formula is C22H23N3O3. The van der Waals surface area contributed by atoms with Crippen molar-refractivity contribution >= 4 is 29.1 Å². The number of likely N-dealkylation sites (tertiary alicyclic amines) is 1. The van der Waals surface area contributed by atoms with Crippen molar-refractivity contribution in [2.24, 2.45) is 5.92 Å². The van der Waals surface area contributed by atoms with E-state index in [1.807, 2.05) is 19.1 Å². The van der Waals surface area contributed by atoms with Gasteiger partial charge in [-0.2, -0.15) is 0 Å². The van der Waals surface area contributed by atoms with Gasteiger partial charge in [-0.15, -0.1) is 6.58 Å². The predicted molar refractivity (Wildman–Crippen MR) is 109 cm³/mol. The highest BCUT2D eigenvalue weighted by atomic mass is 16.2. The van der Waals surface area contributed by atoms with Crippen molar-refractivity contribution < 1.29 is 14.4 Å². The molecule has 0 aliphatic carbocycles. The van der Waals surface area contributed by atoms with Gasteiger partial charge in [0, 0.05) is 36.4 Å². The van der Waals surface area contributed by atoms with Gasteiger partial charge in [0.1, 0.15) is 0 Å². The second kappa shape index (κ2) is 8.52. The van der Waals surface area contributed by atoms with E-state index in [1.165, 1.54) is 0 Å². The highest BCUT2D eigenvalue weighted by Crippen LogP contribution is 2.21. The maximum Gasteiger partial charge on any atom is 0.255 e. The predicted octanol–water partition coefficient (Wildman–Crippen LogP) is 3.22. The smallest absolute Gasteiger partial charge is 0.255 e. The molecule has 1 aliphatic rings. The molecule has 2 aromatic carbocycles. The van der Waals surface area contributed by atoms with Crippen LogP contribution in [0, 0.1) is 12.8 Å². The highest BCUT2D eigenvalue weighted by molar-refractivity contribution is 6.05. The molecular weight excluding hydrogens is 354 g/mol. The Morgan fingerprint density at radius 1 is 1.14 bits per heavy atom. The van der Waals surface area contributed by atoms with E-state index in [2.05, 4.69) is 17.2 Å². The third kappa shape index (κ3) is 4.65. The van der Waals surface area contributed by atoms with Crippen LogP contribution in [0.25, 0.3) is 0 Å². The summed E-state index contributed by atoms with van der Waals surface area (Å²) in [5.74, 6) is -0.857. The van der Waals surface area contributed by atoms with E-state index >= 15 is 0 Å². The van der Waals surface area contributed by atoms with Gasteiger partial charge in [-0.05, 0) is 37.3 Å². The van der Waals surface area contributed by atoms with E-state index in [9.17, 15) is 14.4 Å². The summed E-state index contributed by atoms with van der Waals surface area (Å²) in [5.41, 5.74) is 2.80. The molecule has 3 rings (SSSR count). The van der Waals surface area contributed by atoms with Crippen LogP contribution >= 0.6 is 0 Å². The molecule has 1 fully saturated rings. The van der Waals surface area contributed by atoms with Crippen LogP contribution in [0.1, 0.15) is 22.3 Å². The lowest BCUT2D eigenvalue weighted by Crippen LogP contribution is -2.28. The fourth-order valence-corrected chi connectivity index (χ4v) is 3.11. The number of amides is 3. The van der Waals surface area contributed by atoms with Crippen molar-refractivity contribution in [2.75, 3.05) is 23.7 Å². The lowest BCUT2D eigenvalue weighted by Gasteiger charge is -2.14. The number of anilines is 2. The van der Waals surface area contributed by atoms with Gasteiger partial charge >= 0.3 is 0 Å². The van der Waals surface area contributed by atoms with Gasteiger partial charge in [0.2, 0.25) is 11.8 Å². The molecule has 3 amide bonds. The van der Waals surface area contributed by atoms with Crippen molar-refractivity contribution in [3.63, 3.8) is 0 Å². The number of nitrogens with one attached hydrogen (secondary N) is 2. The Bertz CT molecular complexity index is 905. The van der Waals surface area contributed by atoms with Crippen LogP contribution < -0.4 is 10.6 Å². The number of hydrogen-bond donors (Lipinski definition) is 2. The fourth-order valence-electron chi connectivity index (χ4n) is 3.11. The molecule has 1 aliphatic heterocycles. The van der Waals surface area contributed by atoms with Crippen LogP contribution in [0.3, 0.4) is 0 Å². The van der Waals surface area contributed by atoms with E-state index in [0.29, 0.717) is 30.0 Å². The third-order valence-electron chi connectivity index (χ3n) is 4.64. The molecule has 28 heavy (non-hydrogen) atoms. The summed E-state index contributed by atoms with van der Waals surface area (Å²) in [7, 11) is 0. The molecule has 6 nitrogen and oxygen atoms in total. The average Bonchev–Trinajstić information content (AvgIpc) is 3.04. The molecule has 144 valence electrons. The topological polar surface area (TPSA) is 78.5 Å². The molecule has 0 spiro atoms. The first-order valence-corrected chi connectivity index (χ1v) is 9.14. The van der Waals surface area contributed by atoms with Crippen LogP contribution in [0.4, 0.5) is 11.4 Å². The van der Waals surface area contributed by atoms with Gasteiger partial charge in [0.05, 0.1) is 5.92 Å². The van der Waals surface area contributed by atoms with Crippen molar-refractivity contribution in [1.29, 1.82) is 0 Å².